The summed E-state index contributed by atoms with van der Waals surface area (Å²) in [6, 6.07) is 0.906. The molecule has 0 spiro atoms. The maximum atomic E-state index is 13.0. The van der Waals surface area contributed by atoms with Crippen molar-refractivity contribution in [3.05, 3.63) is 28.8 Å². The molecule has 0 radical (unpaired) electrons. The van der Waals surface area contributed by atoms with Gasteiger partial charge in [0.15, 0.2) is 5.82 Å². The van der Waals surface area contributed by atoms with Crippen molar-refractivity contribution in [1.29, 1.82) is 0 Å². The molecule has 0 aliphatic carbocycles. The van der Waals surface area contributed by atoms with Crippen molar-refractivity contribution in [1.82, 2.24) is 4.98 Å². The zero-order chi connectivity index (χ0) is 10.9. The fraction of sp³-hybridized carbons (Fsp3) is 0.250. The van der Waals surface area contributed by atoms with Gasteiger partial charge in [-0.15, -0.1) is 0 Å². The van der Waals surface area contributed by atoms with Crippen LogP contribution in [0, 0.1) is 12.7 Å². The van der Waals surface area contributed by atoms with Gasteiger partial charge in [0, 0.05) is 5.69 Å². The van der Waals surface area contributed by atoms with Gasteiger partial charge in [-0.1, -0.05) is 0 Å². The molecule has 1 aromatic rings. The van der Waals surface area contributed by atoms with Crippen LogP contribution in [0.3, 0.4) is 0 Å². The summed E-state index contributed by atoms with van der Waals surface area (Å²) >= 11 is 0. The fourth-order valence-electron chi connectivity index (χ4n) is 0.982. The van der Waals surface area contributed by atoms with Gasteiger partial charge in [-0.3, -0.25) is 0 Å². The Balaban J connectivity index is 3.40. The largest absolute Gasteiger partial charge is 0.478 e. The minimum Gasteiger partial charge on any atom is -0.478 e. The molecule has 0 saturated heterocycles. The maximum Gasteiger partial charge on any atom is 0.338 e. The number of aromatic carboxylic acids is 1. The number of carboxylic acid groups (broad SMARTS) is 1. The molecular formula is C8H6F3NO2. The van der Waals surface area contributed by atoms with Crippen molar-refractivity contribution in [2.45, 2.75) is 13.3 Å². The molecule has 3 nitrogen and oxygen atoms in total. The molecule has 0 aliphatic rings. The number of carboxylic acids is 1. The van der Waals surface area contributed by atoms with Gasteiger partial charge >= 0.3 is 5.97 Å². The lowest BCUT2D eigenvalue weighted by Crippen LogP contribution is -2.07. The van der Waals surface area contributed by atoms with E-state index in [2.05, 4.69) is 4.98 Å². The summed E-state index contributed by atoms with van der Waals surface area (Å²) in [7, 11) is 0. The van der Waals surface area contributed by atoms with Gasteiger partial charge in [0.25, 0.3) is 6.43 Å². The smallest absolute Gasteiger partial charge is 0.338 e. The van der Waals surface area contributed by atoms with E-state index in [1.807, 2.05) is 0 Å². The number of nitrogens with zero attached hydrogens (tertiary/aromatic N) is 1. The van der Waals surface area contributed by atoms with Gasteiger partial charge in [-0.2, -0.15) is 0 Å². The molecule has 0 aliphatic heterocycles. The minimum atomic E-state index is -3.12. The number of aryl methyl sites for hydroxylation is 1. The predicted octanol–water partition coefficient (Wildman–Crippen LogP) is 2.16. The third-order valence-electron chi connectivity index (χ3n) is 1.55. The lowest BCUT2D eigenvalue weighted by atomic mass is 10.2. The van der Waals surface area contributed by atoms with Crippen molar-refractivity contribution in [3.63, 3.8) is 0 Å². The summed E-state index contributed by atoms with van der Waals surface area (Å²) < 4.78 is 37.3. The van der Waals surface area contributed by atoms with Crippen LogP contribution < -0.4 is 0 Å². The SMILES string of the molecule is Cc1cc(C(=O)O)c(F)c(C(F)F)n1. The maximum absolute atomic E-state index is 13.0. The highest BCUT2D eigenvalue weighted by atomic mass is 19.3. The Kier molecular flexibility index (Phi) is 2.73. The first-order valence-electron chi connectivity index (χ1n) is 3.62. The van der Waals surface area contributed by atoms with Gasteiger partial charge in [0.05, 0.1) is 5.56 Å². The third kappa shape index (κ3) is 1.84. The Labute approximate surface area is 77.2 Å². The second kappa shape index (κ2) is 3.65. The van der Waals surface area contributed by atoms with Crippen LogP contribution >= 0.6 is 0 Å². The zero-order valence-corrected chi connectivity index (χ0v) is 7.09. The van der Waals surface area contributed by atoms with E-state index < -0.39 is 29.5 Å². The average Bonchev–Trinajstić information content (AvgIpc) is 2.07. The number of halogens is 3. The van der Waals surface area contributed by atoms with Gasteiger partial charge in [0.2, 0.25) is 0 Å². The molecule has 0 unspecified atom stereocenters. The second-order valence-corrected chi connectivity index (χ2v) is 2.62. The van der Waals surface area contributed by atoms with E-state index in [9.17, 15) is 18.0 Å². The molecule has 0 saturated carbocycles. The Hall–Kier alpha value is -1.59. The molecular weight excluding hydrogens is 199 g/mol. The second-order valence-electron chi connectivity index (χ2n) is 2.62. The number of rotatable bonds is 2. The van der Waals surface area contributed by atoms with Crippen LogP contribution in [0.5, 0.6) is 0 Å². The Morgan fingerprint density at radius 1 is 1.57 bits per heavy atom. The van der Waals surface area contributed by atoms with E-state index in [4.69, 9.17) is 5.11 Å². The molecule has 0 fully saturated rings. The van der Waals surface area contributed by atoms with E-state index in [1.165, 1.54) is 6.92 Å². The Morgan fingerprint density at radius 2 is 2.14 bits per heavy atom. The number of alkyl halides is 2. The predicted molar refractivity (Wildman–Crippen MR) is 40.8 cm³/mol. The number of aromatic nitrogens is 1. The molecule has 76 valence electrons. The fourth-order valence-corrected chi connectivity index (χ4v) is 0.982. The number of hydrogen-bond donors (Lipinski definition) is 1. The monoisotopic (exact) mass is 205 g/mol. The van der Waals surface area contributed by atoms with Crippen molar-refractivity contribution in [2.75, 3.05) is 0 Å². The van der Waals surface area contributed by atoms with Crippen LogP contribution in [0.25, 0.3) is 0 Å². The van der Waals surface area contributed by atoms with Crippen LogP contribution in [0.1, 0.15) is 28.2 Å². The van der Waals surface area contributed by atoms with Crippen LogP contribution in [0.2, 0.25) is 0 Å². The molecule has 1 N–H and O–H groups in total. The standard InChI is InChI=1S/C8H6F3NO2/c1-3-2-4(8(13)14)5(9)6(12-3)7(10)11/h2,7H,1H3,(H,13,14). The van der Waals surface area contributed by atoms with Crippen LogP contribution in [-0.4, -0.2) is 16.1 Å². The van der Waals surface area contributed by atoms with Gasteiger partial charge in [-0.25, -0.2) is 22.9 Å². The van der Waals surface area contributed by atoms with Crippen molar-refractivity contribution in [3.8, 4) is 0 Å². The van der Waals surface area contributed by atoms with E-state index in [0.29, 0.717) is 0 Å². The van der Waals surface area contributed by atoms with Crippen molar-refractivity contribution < 1.29 is 23.1 Å². The summed E-state index contributed by atoms with van der Waals surface area (Å²) in [6.07, 6.45) is -3.12. The molecule has 1 aromatic heterocycles. The molecule has 0 bridgehead atoms. The molecule has 6 heteroatoms. The van der Waals surface area contributed by atoms with E-state index in [0.717, 1.165) is 6.07 Å². The summed E-state index contributed by atoms with van der Waals surface area (Å²) in [4.78, 5) is 13.7. The topological polar surface area (TPSA) is 50.2 Å². The van der Waals surface area contributed by atoms with Crippen LogP contribution in [0.15, 0.2) is 6.07 Å². The highest BCUT2D eigenvalue weighted by Crippen LogP contribution is 2.22. The Bertz CT molecular complexity index is 379. The van der Waals surface area contributed by atoms with E-state index >= 15 is 0 Å². The van der Waals surface area contributed by atoms with Crippen LogP contribution in [-0.2, 0) is 0 Å². The van der Waals surface area contributed by atoms with E-state index in [1.54, 1.807) is 0 Å². The quantitative estimate of drug-likeness (QED) is 0.804. The summed E-state index contributed by atoms with van der Waals surface area (Å²) in [6.45, 7) is 1.32. The lowest BCUT2D eigenvalue weighted by Gasteiger charge is -2.05. The van der Waals surface area contributed by atoms with Crippen LogP contribution in [0.4, 0.5) is 13.2 Å². The molecule has 0 amide bonds. The van der Waals surface area contributed by atoms with Crippen molar-refractivity contribution in [2.24, 2.45) is 0 Å². The molecule has 0 atom stereocenters. The van der Waals surface area contributed by atoms with E-state index in [-0.39, 0.29) is 5.69 Å². The highest BCUT2D eigenvalue weighted by Gasteiger charge is 2.22. The number of carbonyl (C=O) groups is 1. The van der Waals surface area contributed by atoms with Gasteiger partial charge in [0.1, 0.15) is 5.69 Å². The third-order valence-corrected chi connectivity index (χ3v) is 1.55. The van der Waals surface area contributed by atoms with Gasteiger partial charge < -0.3 is 5.11 Å². The number of pyridine rings is 1. The highest BCUT2D eigenvalue weighted by molar-refractivity contribution is 5.88. The first kappa shape index (κ1) is 10.5. The minimum absolute atomic E-state index is 0.0408. The summed E-state index contributed by atoms with van der Waals surface area (Å²) in [5.74, 6) is -3.06. The summed E-state index contributed by atoms with van der Waals surface area (Å²) in [5.41, 5.74) is -1.87. The average molecular weight is 205 g/mol. The molecule has 1 rings (SSSR count). The first-order valence-corrected chi connectivity index (χ1v) is 3.62. The van der Waals surface area contributed by atoms with Crippen molar-refractivity contribution >= 4 is 5.97 Å². The molecule has 0 aromatic carbocycles. The Morgan fingerprint density at radius 3 is 2.57 bits per heavy atom. The zero-order valence-electron chi connectivity index (χ0n) is 7.09. The number of hydrogen-bond acceptors (Lipinski definition) is 2. The molecule has 1 heterocycles. The summed E-state index contributed by atoms with van der Waals surface area (Å²) in [5, 5.41) is 8.48. The normalized spacial score (nSPS) is 10.6. The van der Waals surface area contributed by atoms with Gasteiger partial charge in [-0.05, 0) is 13.0 Å². The first-order chi connectivity index (χ1) is 6.43. The lowest BCUT2D eigenvalue weighted by molar-refractivity contribution is 0.0689. The molecule has 14 heavy (non-hydrogen) atoms.